The molecule has 0 spiro atoms. The maximum Gasteiger partial charge on any atom is 0.333 e. The van der Waals surface area contributed by atoms with Crippen LogP contribution in [0.5, 0.6) is 0 Å². The second-order valence-corrected chi connectivity index (χ2v) is 3.10. The Hall–Kier alpha value is -2.05. The summed E-state index contributed by atoms with van der Waals surface area (Å²) in [6.45, 7) is 4.90. The monoisotopic (exact) mass is 244 g/mol. The largest absolute Gasteiger partial charge is 0.468 e. The molecule has 0 aliphatic heterocycles. The van der Waals surface area contributed by atoms with Crippen LogP contribution in [0.25, 0.3) is 0 Å². The number of nitrogens with one attached hydrogen (secondary N) is 2. The summed E-state index contributed by atoms with van der Waals surface area (Å²) in [5.41, 5.74) is 0.292. The van der Waals surface area contributed by atoms with Gasteiger partial charge in [-0.15, -0.1) is 0 Å². The molecule has 0 aromatic heterocycles. The molecule has 0 rings (SSSR count). The summed E-state index contributed by atoms with van der Waals surface area (Å²) in [6, 6.07) is -0.540. The molecule has 0 bridgehead atoms. The molecule has 96 valence electrons. The van der Waals surface area contributed by atoms with Crippen LogP contribution < -0.4 is 10.6 Å². The van der Waals surface area contributed by atoms with E-state index in [1.807, 2.05) is 0 Å². The average Bonchev–Trinajstić information content (AvgIpc) is 2.30. The summed E-state index contributed by atoms with van der Waals surface area (Å²) in [7, 11) is 1.22. The molecule has 0 saturated heterocycles. The van der Waals surface area contributed by atoms with Crippen molar-refractivity contribution < 1.29 is 23.9 Å². The molecule has 2 N–H and O–H groups in total. The molecule has 7 nitrogen and oxygen atoms in total. The molecular weight excluding hydrogens is 228 g/mol. The molecule has 0 aliphatic rings. The van der Waals surface area contributed by atoms with Gasteiger partial charge in [0.2, 0.25) is 0 Å². The molecule has 0 fully saturated rings. The van der Waals surface area contributed by atoms with E-state index in [4.69, 9.17) is 4.74 Å². The van der Waals surface area contributed by atoms with Crippen LogP contribution in [0.4, 0.5) is 4.79 Å². The first kappa shape index (κ1) is 14.9. The molecule has 0 radical (unpaired) electrons. The number of carbonyl (C=O) groups is 3. The van der Waals surface area contributed by atoms with E-state index < -0.39 is 18.0 Å². The van der Waals surface area contributed by atoms with Crippen LogP contribution in [0, 0.1) is 0 Å². The van der Waals surface area contributed by atoms with Gasteiger partial charge in [0.1, 0.15) is 13.2 Å². The van der Waals surface area contributed by atoms with Crippen molar-refractivity contribution in [1.82, 2.24) is 10.6 Å². The maximum absolute atomic E-state index is 11.1. The number of esters is 2. The minimum atomic E-state index is -0.547. The Morgan fingerprint density at radius 2 is 1.88 bits per heavy atom. The number of amides is 2. The highest BCUT2D eigenvalue weighted by Crippen LogP contribution is 1.90. The smallest absolute Gasteiger partial charge is 0.333 e. The number of carbonyl (C=O) groups excluding carboxylic acids is 3. The number of hydrogen-bond acceptors (Lipinski definition) is 5. The summed E-state index contributed by atoms with van der Waals surface area (Å²) < 4.78 is 9.05. The molecule has 0 unspecified atom stereocenters. The fourth-order valence-corrected chi connectivity index (χ4v) is 0.719. The fraction of sp³-hybridized carbons (Fsp3) is 0.500. The molecule has 17 heavy (non-hydrogen) atoms. The fourth-order valence-electron chi connectivity index (χ4n) is 0.719. The number of rotatable bonds is 6. The van der Waals surface area contributed by atoms with Crippen molar-refractivity contribution in [1.29, 1.82) is 0 Å². The van der Waals surface area contributed by atoms with Gasteiger partial charge in [-0.25, -0.2) is 9.59 Å². The van der Waals surface area contributed by atoms with E-state index in [1.165, 1.54) is 14.0 Å². The summed E-state index contributed by atoms with van der Waals surface area (Å²) in [5.74, 6) is -1.06. The standard InChI is InChI=1S/C10H16N2O5/c1-7(2)9(14)17-5-4-11-10(15)12-6-8(13)16-3/h1,4-6H2,2-3H3,(H2,11,12,15). The molecule has 2 amide bonds. The zero-order valence-corrected chi connectivity index (χ0v) is 9.87. The Morgan fingerprint density at radius 1 is 1.24 bits per heavy atom. The Labute approximate surface area is 99.1 Å². The minimum absolute atomic E-state index is 0.0390. The first-order valence-corrected chi connectivity index (χ1v) is 4.88. The lowest BCUT2D eigenvalue weighted by molar-refractivity contribution is -0.139. The number of urea groups is 1. The summed E-state index contributed by atoms with van der Waals surface area (Å²) in [5, 5.41) is 4.65. The van der Waals surface area contributed by atoms with E-state index in [9.17, 15) is 14.4 Å². The molecule has 0 aliphatic carbocycles. The molecule has 0 saturated carbocycles. The van der Waals surface area contributed by atoms with Gasteiger partial charge >= 0.3 is 18.0 Å². The normalized spacial score (nSPS) is 9.06. The van der Waals surface area contributed by atoms with Gasteiger partial charge in [-0.05, 0) is 6.92 Å². The molecule has 0 heterocycles. The van der Waals surface area contributed by atoms with Crippen LogP contribution in [0.15, 0.2) is 12.2 Å². The molecular formula is C10H16N2O5. The zero-order valence-electron chi connectivity index (χ0n) is 9.87. The topological polar surface area (TPSA) is 93.7 Å². The van der Waals surface area contributed by atoms with Crippen LogP contribution in [0.2, 0.25) is 0 Å². The Kier molecular flexibility index (Phi) is 7.16. The van der Waals surface area contributed by atoms with Crippen molar-refractivity contribution in [2.24, 2.45) is 0 Å². The Bertz CT molecular complexity index is 314. The van der Waals surface area contributed by atoms with Gasteiger partial charge in [-0.2, -0.15) is 0 Å². The van der Waals surface area contributed by atoms with Crippen molar-refractivity contribution in [2.75, 3.05) is 26.8 Å². The third-order valence-electron chi connectivity index (χ3n) is 1.59. The van der Waals surface area contributed by atoms with E-state index in [-0.39, 0.29) is 19.7 Å². The van der Waals surface area contributed by atoms with Crippen molar-refractivity contribution in [3.63, 3.8) is 0 Å². The predicted octanol–water partition coefficient (Wildman–Crippen LogP) is -0.422. The van der Waals surface area contributed by atoms with Crippen LogP contribution in [0.1, 0.15) is 6.92 Å². The van der Waals surface area contributed by atoms with Crippen molar-refractivity contribution >= 4 is 18.0 Å². The third kappa shape index (κ3) is 7.83. The van der Waals surface area contributed by atoms with Crippen molar-refractivity contribution in [3.05, 3.63) is 12.2 Å². The predicted molar refractivity (Wildman–Crippen MR) is 59.2 cm³/mol. The van der Waals surface area contributed by atoms with Crippen LogP contribution in [-0.4, -0.2) is 44.8 Å². The van der Waals surface area contributed by atoms with E-state index in [2.05, 4.69) is 21.9 Å². The first-order valence-electron chi connectivity index (χ1n) is 4.88. The van der Waals surface area contributed by atoms with Gasteiger partial charge in [0, 0.05) is 5.57 Å². The number of methoxy groups -OCH3 is 1. The van der Waals surface area contributed by atoms with Crippen LogP contribution in [-0.2, 0) is 19.1 Å². The van der Waals surface area contributed by atoms with Gasteiger partial charge in [-0.1, -0.05) is 6.58 Å². The van der Waals surface area contributed by atoms with Gasteiger partial charge in [0.25, 0.3) is 0 Å². The lowest BCUT2D eigenvalue weighted by Crippen LogP contribution is -2.40. The van der Waals surface area contributed by atoms with E-state index >= 15 is 0 Å². The van der Waals surface area contributed by atoms with Gasteiger partial charge in [0.05, 0.1) is 13.7 Å². The lowest BCUT2D eigenvalue weighted by Gasteiger charge is -2.07. The van der Waals surface area contributed by atoms with E-state index in [0.717, 1.165) is 0 Å². The zero-order chi connectivity index (χ0) is 13.3. The van der Waals surface area contributed by atoms with Gasteiger partial charge in [-0.3, -0.25) is 4.79 Å². The number of hydrogen-bond donors (Lipinski definition) is 2. The summed E-state index contributed by atoms with van der Waals surface area (Å²) in [4.78, 5) is 32.7. The van der Waals surface area contributed by atoms with E-state index in [0.29, 0.717) is 5.57 Å². The van der Waals surface area contributed by atoms with Gasteiger partial charge < -0.3 is 20.1 Å². The number of ether oxygens (including phenoxy) is 2. The average molecular weight is 244 g/mol. The minimum Gasteiger partial charge on any atom is -0.468 e. The highest BCUT2D eigenvalue weighted by molar-refractivity contribution is 5.87. The first-order chi connectivity index (χ1) is 7.97. The van der Waals surface area contributed by atoms with Crippen LogP contribution >= 0.6 is 0 Å². The van der Waals surface area contributed by atoms with Crippen LogP contribution in [0.3, 0.4) is 0 Å². The molecule has 0 atom stereocenters. The maximum atomic E-state index is 11.1. The highest BCUT2D eigenvalue weighted by Gasteiger charge is 2.05. The highest BCUT2D eigenvalue weighted by atomic mass is 16.5. The quantitative estimate of drug-likeness (QED) is 0.376. The van der Waals surface area contributed by atoms with Crippen molar-refractivity contribution in [2.45, 2.75) is 6.92 Å². The second-order valence-electron chi connectivity index (χ2n) is 3.10. The summed E-state index contributed by atoms with van der Waals surface area (Å²) in [6.07, 6.45) is 0. The SMILES string of the molecule is C=C(C)C(=O)OCCNC(=O)NCC(=O)OC. The Balaban J connectivity index is 3.55. The second kappa shape index (κ2) is 8.14. The third-order valence-corrected chi connectivity index (χ3v) is 1.59. The van der Waals surface area contributed by atoms with Crippen molar-refractivity contribution in [3.8, 4) is 0 Å². The van der Waals surface area contributed by atoms with Gasteiger partial charge in [0.15, 0.2) is 0 Å². The lowest BCUT2D eigenvalue weighted by atomic mass is 10.4. The molecule has 0 aromatic carbocycles. The van der Waals surface area contributed by atoms with E-state index in [1.54, 1.807) is 0 Å². The molecule has 7 heteroatoms. The molecule has 0 aromatic rings. The summed E-state index contributed by atoms with van der Waals surface area (Å²) >= 11 is 0. The Morgan fingerprint density at radius 3 is 2.41 bits per heavy atom.